The van der Waals surface area contributed by atoms with Crippen molar-refractivity contribution in [2.45, 2.75) is 17.4 Å². The summed E-state index contributed by atoms with van der Waals surface area (Å²) in [6.45, 7) is 7.28. The third kappa shape index (κ3) is 3.55. The van der Waals surface area contributed by atoms with E-state index in [0.717, 1.165) is 6.54 Å². The van der Waals surface area contributed by atoms with Crippen LogP contribution >= 0.6 is 11.8 Å². The van der Waals surface area contributed by atoms with Gasteiger partial charge in [-0.2, -0.15) is 0 Å². The molecule has 110 valence electrons. The first-order valence-electron chi connectivity index (χ1n) is 7.69. The first-order valence-corrected chi connectivity index (χ1v) is 8.67. The van der Waals surface area contributed by atoms with E-state index in [9.17, 15) is 0 Å². The predicted molar refractivity (Wildman–Crippen MR) is 86.5 cm³/mol. The summed E-state index contributed by atoms with van der Waals surface area (Å²) in [6, 6.07) is 9.37. The first kappa shape index (κ1) is 14.4. The molecule has 2 heterocycles. The zero-order chi connectivity index (χ0) is 13.8. The molecule has 1 N–H and O–H groups in total. The topological polar surface area (TPSA) is 18.5 Å². The van der Waals surface area contributed by atoms with Gasteiger partial charge in [0.05, 0.1) is 0 Å². The quantitative estimate of drug-likeness (QED) is 0.837. The summed E-state index contributed by atoms with van der Waals surface area (Å²) in [6.07, 6.45) is 1.26. The summed E-state index contributed by atoms with van der Waals surface area (Å²) < 4.78 is 0. The van der Waals surface area contributed by atoms with Crippen molar-refractivity contribution in [2.24, 2.45) is 0 Å². The van der Waals surface area contributed by atoms with Gasteiger partial charge in [0.1, 0.15) is 0 Å². The molecule has 1 aromatic rings. The summed E-state index contributed by atoms with van der Waals surface area (Å²) in [5, 5.41) is 3.73. The van der Waals surface area contributed by atoms with E-state index in [1.807, 2.05) is 11.8 Å². The number of piperazine rings is 1. The van der Waals surface area contributed by atoms with Crippen molar-refractivity contribution in [3.8, 4) is 0 Å². The third-order valence-corrected chi connectivity index (χ3v) is 5.52. The minimum atomic E-state index is 0.559. The van der Waals surface area contributed by atoms with Crippen LogP contribution in [0, 0.1) is 0 Å². The lowest BCUT2D eigenvalue weighted by Crippen LogP contribution is -2.45. The van der Waals surface area contributed by atoms with Crippen molar-refractivity contribution >= 4 is 11.8 Å². The molecule has 1 unspecified atom stereocenters. The lowest BCUT2D eigenvalue weighted by atomic mass is 10.1. The normalized spacial score (nSPS) is 23.9. The summed E-state index contributed by atoms with van der Waals surface area (Å²) in [7, 11) is 2.22. The molecule has 1 aromatic carbocycles. The highest BCUT2D eigenvalue weighted by atomic mass is 32.2. The fraction of sp³-hybridized carbons (Fsp3) is 0.625. The molecule has 1 atom stereocenters. The number of nitrogens with one attached hydrogen (secondary N) is 1. The molecule has 0 bridgehead atoms. The van der Waals surface area contributed by atoms with Crippen LogP contribution in [0.5, 0.6) is 0 Å². The highest BCUT2D eigenvalue weighted by molar-refractivity contribution is 7.99. The Bertz CT molecular complexity index is 429. The highest BCUT2D eigenvalue weighted by Crippen LogP contribution is 2.37. The Hall–Kier alpha value is -0.550. The van der Waals surface area contributed by atoms with E-state index >= 15 is 0 Å². The van der Waals surface area contributed by atoms with E-state index < -0.39 is 0 Å². The van der Waals surface area contributed by atoms with Crippen molar-refractivity contribution in [1.82, 2.24) is 15.1 Å². The predicted octanol–water partition coefficient (Wildman–Crippen LogP) is 2.06. The summed E-state index contributed by atoms with van der Waals surface area (Å²) in [5.74, 6) is 1.19. The molecule has 0 radical (unpaired) electrons. The van der Waals surface area contributed by atoms with Crippen LogP contribution in [0.1, 0.15) is 18.0 Å². The molecule has 3 rings (SSSR count). The van der Waals surface area contributed by atoms with E-state index in [2.05, 4.69) is 46.4 Å². The van der Waals surface area contributed by atoms with Crippen molar-refractivity contribution < 1.29 is 0 Å². The minimum absolute atomic E-state index is 0.559. The van der Waals surface area contributed by atoms with Gasteiger partial charge in [0, 0.05) is 42.9 Å². The second-order valence-corrected chi connectivity index (χ2v) is 6.92. The molecule has 0 aromatic heterocycles. The number of thioether (sulfide) groups is 1. The maximum Gasteiger partial charge on any atom is 0.0426 e. The molecule has 0 saturated carbocycles. The van der Waals surface area contributed by atoms with Gasteiger partial charge in [0.2, 0.25) is 0 Å². The molecular weight excluding hydrogens is 266 g/mol. The van der Waals surface area contributed by atoms with E-state index in [1.165, 1.54) is 55.4 Å². The van der Waals surface area contributed by atoms with E-state index in [4.69, 9.17) is 0 Å². The zero-order valence-corrected chi connectivity index (χ0v) is 13.2. The van der Waals surface area contributed by atoms with Gasteiger partial charge in [0.15, 0.2) is 0 Å². The van der Waals surface area contributed by atoms with E-state index in [0.29, 0.717) is 6.04 Å². The number of hydrogen-bond acceptors (Lipinski definition) is 4. The van der Waals surface area contributed by atoms with Gasteiger partial charge >= 0.3 is 0 Å². The van der Waals surface area contributed by atoms with Crippen LogP contribution in [-0.2, 0) is 0 Å². The SMILES string of the molecule is CN1CCN(CCCNC2CSc3ccccc32)CC1. The molecule has 0 aliphatic carbocycles. The van der Waals surface area contributed by atoms with Crippen LogP contribution in [0.4, 0.5) is 0 Å². The fourth-order valence-electron chi connectivity index (χ4n) is 2.98. The van der Waals surface area contributed by atoms with E-state index in [-0.39, 0.29) is 0 Å². The molecule has 0 spiro atoms. The Morgan fingerprint density at radius 1 is 1.20 bits per heavy atom. The second kappa shape index (κ2) is 6.94. The third-order valence-electron chi connectivity index (χ3n) is 4.34. The number of fused-ring (bicyclic) bond motifs is 1. The molecule has 2 aliphatic rings. The Labute approximate surface area is 126 Å². The van der Waals surface area contributed by atoms with Crippen LogP contribution in [0.15, 0.2) is 29.2 Å². The van der Waals surface area contributed by atoms with Gasteiger partial charge in [-0.1, -0.05) is 18.2 Å². The number of benzene rings is 1. The van der Waals surface area contributed by atoms with Gasteiger partial charge in [-0.25, -0.2) is 0 Å². The summed E-state index contributed by atoms with van der Waals surface area (Å²) >= 11 is 1.98. The van der Waals surface area contributed by atoms with Crippen molar-refractivity contribution in [1.29, 1.82) is 0 Å². The lowest BCUT2D eigenvalue weighted by molar-refractivity contribution is 0.152. The Balaban J connectivity index is 1.37. The largest absolute Gasteiger partial charge is 0.309 e. The van der Waals surface area contributed by atoms with Gasteiger partial charge in [-0.05, 0) is 38.2 Å². The maximum absolute atomic E-state index is 3.73. The van der Waals surface area contributed by atoms with Crippen molar-refractivity contribution in [3.63, 3.8) is 0 Å². The fourth-order valence-corrected chi connectivity index (χ4v) is 4.18. The first-order chi connectivity index (χ1) is 9.83. The molecule has 0 amide bonds. The maximum atomic E-state index is 3.73. The van der Waals surface area contributed by atoms with Gasteiger partial charge < -0.3 is 15.1 Å². The molecule has 1 saturated heterocycles. The zero-order valence-electron chi connectivity index (χ0n) is 12.3. The molecule has 3 nitrogen and oxygen atoms in total. The number of likely N-dealkylation sites (N-methyl/N-ethyl adjacent to an activating group) is 1. The lowest BCUT2D eigenvalue weighted by Gasteiger charge is -2.32. The van der Waals surface area contributed by atoms with Crippen molar-refractivity contribution in [3.05, 3.63) is 29.8 Å². The Morgan fingerprint density at radius 3 is 2.85 bits per heavy atom. The monoisotopic (exact) mass is 291 g/mol. The minimum Gasteiger partial charge on any atom is -0.309 e. The van der Waals surface area contributed by atoms with Crippen LogP contribution < -0.4 is 5.32 Å². The van der Waals surface area contributed by atoms with Crippen molar-refractivity contribution in [2.75, 3.05) is 52.1 Å². The van der Waals surface area contributed by atoms with Gasteiger partial charge in [-0.15, -0.1) is 11.8 Å². The Kier molecular flexibility index (Phi) is 4.99. The van der Waals surface area contributed by atoms with E-state index in [1.54, 1.807) is 0 Å². The average molecular weight is 291 g/mol. The van der Waals surface area contributed by atoms with Gasteiger partial charge in [-0.3, -0.25) is 0 Å². The summed E-state index contributed by atoms with van der Waals surface area (Å²) in [4.78, 5) is 6.48. The van der Waals surface area contributed by atoms with Crippen LogP contribution in [0.3, 0.4) is 0 Å². The molecular formula is C16H25N3S. The molecule has 4 heteroatoms. The molecule has 2 aliphatic heterocycles. The van der Waals surface area contributed by atoms with Crippen LogP contribution in [-0.4, -0.2) is 61.9 Å². The number of hydrogen-bond donors (Lipinski definition) is 1. The smallest absolute Gasteiger partial charge is 0.0426 e. The number of rotatable bonds is 5. The summed E-state index contributed by atoms with van der Waals surface area (Å²) in [5.41, 5.74) is 1.50. The van der Waals surface area contributed by atoms with Crippen LogP contribution in [0.25, 0.3) is 0 Å². The van der Waals surface area contributed by atoms with Crippen LogP contribution in [0.2, 0.25) is 0 Å². The number of nitrogens with zero attached hydrogens (tertiary/aromatic N) is 2. The molecule has 20 heavy (non-hydrogen) atoms. The standard InChI is InChI=1S/C16H25N3S/c1-18-9-11-19(12-10-18)8-4-7-17-15-13-20-16-6-3-2-5-14(15)16/h2-3,5-6,15,17H,4,7-13H2,1H3. The average Bonchev–Trinajstić information content (AvgIpc) is 2.89. The highest BCUT2D eigenvalue weighted by Gasteiger charge is 2.21. The Morgan fingerprint density at radius 2 is 2.00 bits per heavy atom. The molecule has 1 fully saturated rings. The van der Waals surface area contributed by atoms with Gasteiger partial charge in [0.25, 0.3) is 0 Å². The second-order valence-electron chi connectivity index (χ2n) is 5.85.